The quantitative estimate of drug-likeness (QED) is 0.886. The van der Waals surface area contributed by atoms with Crippen LogP contribution in [-0.4, -0.2) is 18.5 Å². The maximum atomic E-state index is 12.3. The summed E-state index contributed by atoms with van der Waals surface area (Å²) in [6.07, 6.45) is 0.842. The third-order valence-corrected chi connectivity index (χ3v) is 3.79. The molecule has 2 aromatic carbocycles. The Hall–Kier alpha value is -2.62. The SMILES string of the molecule is CCOC(=O)Cc1cccc2c1Cc1ccccc1C(=O)N2. The molecule has 0 aliphatic carbocycles. The van der Waals surface area contributed by atoms with Crippen molar-refractivity contribution in [3.05, 3.63) is 64.7 Å². The van der Waals surface area contributed by atoms with Crippen molar-refractivity contribution in [2.24, 2.45) is 0 Å². The Kier molecular flexibility index (Phi) is 3.92. The highest BCUT2D eigenvalue weighted by molar-refractivity contribution is 6.07. The second-order valence-corrected chi connectivity index (χ2v) is 5.21. The lowest BCUT2D eigenvalue weighted by Crippen LogP contribution is -2.12. The molecule has 3 rings (SSSR count). The summed E-state index contributed by atoms with van der Waals surface area (Å²) >= 11 is 0. The number of nitrogens with one attached hydrogen (secondary N) is 1. The highest BCUT2D eigenvalue weighted by Gasteiger charge is 2.21. The van der Waals surface area contributed by atoms with Crippen molar-refractivity contribution in [2.75, 3.05) is 11.9 Å². The molecule has 0 spiro atoms. The Balaban J connectivity index is 2.01. The molecule has 0 saturated carbocycles. The highest BCUT2D eigenvalue weighted by atomic mass is 16.5. The van der Waals surface area contributed by atoms with Gasteiger partial charge in [0.25, 0.3) is 5.91 Å². The van der Waals surface area contributed by atoms with Gasteiger partial charge in [-0.2, -0.15) is 0 Å². The van der Waals surface area contributed by atoms with E-state index in [4.69, 9.17) is 4.74 Å². The third kappa shape index (κ3) is 2.72. The topological polar surface area (TPSA) is 55.4 Å². The number of anilines is 1. The molecule has 1 aliphatic rings. The number of carbonyl (C=O) groups is 2. The summed E-state index contributed by atoms with van der Waals surface area (Å²) in [7, 11) is 0. The lowest BCUT2D eigenvalue weighted by Gasteiger charge is -2.12. The molecular formula is C18H17NO3. The van der Waals surface area contributed by atoms with Gasteiger partial charge in [-0.25, -0.2) is 0 Å². The van der Waals surface area contributed by atoms with Gasteiger partial charge in [-0.1, -0.05) is 30.3 Å². The van der Waals surface area contributed by atoms with Gasteiger partial charge in [0.1, 0.15) is 0 Å². The number of esters is 1. The molecule has 0 atom stereocenters. The monoisotopic (exact) mass is 295 g/mol. The Morgan fingerprint density at radius 1 is 1.18 bits per heavy atom. The van der Waals surface area contributed by atoms with Crippen molar-refractivity contribution in [2.45, 2.75) is 19.8 Å². The highest BCUT2D eigenvalue weighted by Crippen LogP contribution is 2.29. The number of hydrogen-bond acceptors (Lipinski definition) is 3. The molecule has 4 nitrogen and oxygen atoms in total. The smallest absolute Gasteiger partial charge is 0.310 e. The van der Waals surface area contributed by atoms with Crippen LogP contribution in [0.15, 0.2) is 42.5 Å². The van der Waals surface area contributed by atoms with Crippen LogP contribution in [0.25, 0.3) is 0 Å². The average Bonchev–Trinajstić information content (AvgIpc) is 2.65. The number of rotatable bonds is 3. The molecule has 22 heavy (non-hydrogen) atoms. The Morgan fingerprint density at radius 2 is 2.00 bits per heavy atom. The molecule has 1 amide bonds. The van der Waals surface area contributed by atoms with E-state index < -0.39 is 0 Å². The van der Waals surface area contributed by atoms with Gasteiger partial charge < -0.3 is 10.1 Å². The van der Waals surface area contributed by atoms with Gasteiger partial charge in [0.2, 0.25) is 0 Å². The standard InChI is InChI=1S/C18H17NO3/c1-2-22-17(20)11-13-7-5-9-16-15(13)10-12-6-3-4-8-14(12)18(21)19-16/h3-9H,2,10-11H2,1H3,(H,19,21). The van der Waals surface area contributed by atoms with E-state index in [0.29, 0.717) is 18.6 Å². The summed E-state index contributed by atoms with van der Waals surface area (Å²) in [6, 6.07) is 13.2. The Morgan fingerprint density at radius 3 is 2.82 bits per heavy atom. The van der Waals surface area contributed by atoms with Crippen molar-refractivity contribution in [1.82, 2.24) is 0 Å². The first-order valence-corrected chi connectivity index (χ1v) is 7.34. The third-order valence-electron chi connectivity index (χ3n) is 3.79. The van der Waals surface area contributed by atoms with Crippen LogP contribution >= 0.6 is 0 Å². The van der Waals surface area contributed by atoms with E-state index in [1.54, 1.807) is 6.92 Å². The fourth-order valence-electron chi connectivity index (χ4n) is 2.77. The van der Waals surface area contributed by atoms with Crippen molar-refractivity contribution < 1.29 is 14.3 Å². The fourth-order valence-corrected chi connectivity index (χ4v) is 2.77. The van der Waals surface area contributed by atoms with Gasteiger partial charge >= 0.3 is 5.97 Å². The molecule has 0 radical (unpaired) electrons. The molecule has 0 unspecified atom stereocenters. The summed E-state index contributed by atoms with van der Waals surface area (Å²) in [5.74, 6) is -0.359. The van der Waals surface area contributed by atoms with Crippen LogP contribution in [0.1, 0.15) is 34.0 Å². The second kappa shape index (κ2) is 6.02. The molecule has 0 aromatic heterocycles. The van der Waals surface area contributed by atoms with Crippen LogP contribution in [0.3, 0.4) is 0 Å². The average molecular weight is 295 g/mol. The first kappa shape index (κ1) is 14.3. The second-order valence-electron chi connectivity index (χ2n) is 5.21. The zero-order valence-electron chi connectivity index (χ0n) is 12.4. The minimum absolute atomic E-state index is 0.109. The maximum Gasteiger partial charge on any atom is 0.310 e. The molecule has 1 heterocycles. The van der Waals surface area contributed by atoms with Crippen LogP contribution < -0.4 is 5.32 Å². The van der Waals surface area contributed by atoms with Crippen LogP contribution in [0.5, 0.6) is 0 Å². The predicted molar refractivity (Wildman–Crippen MR) is 84.0 cm³/mol. The van der Waals surface area contributed by atoms with E-state index in [1.807, 2.05) is 42.5 Å². The van der Waals surface area contributed by atoms with Gasteiger partial charge in [0.15, 0.2) is 0 Å². The van der Waals surface area contributed by atoms with Crippen molar-refractivity contribution in [3.8, 4) is 0 Å². The minimum Gasteiger partial charge on any atom is -0.466 e. The molecule has 0 fully saturated rings. The lowest BCUT2D eigenvalue weighted by molar-refractivity contribution is -0.142. The van der Waals surface area contributed by atoms with Crippen molar-refractivity contribution in [1.29, 1.82) is 0 Å². The normalized spacial score (nSPS) is 12.7. The number of amides is 1. The van der Waals surface area contributed by atoms with Gasteiger partial charge in [0.05, 0.1) is 13.0 Å². The van der Waals surface area contributed by atoms with E-state index in [1.165, 1.54) is 0 Å². The Labute approximate surface area is 129 Å². The molecule has 1 N–H and O–H groups in total. The van der Waals surface area contributed by atoms with E-state index >= 15 is 0 Å². The van der Waals surface area contributed by atoms with Crippen molar-refractivity contribution >= 4 is 17.6 Å². The van der Waals surface area contributed by atoms with Gasteiger partial charge in [-0.05, 0) is 35.7 Å². The van der Waals surface area contributed by atoms with Crippen LogP contribution in [-0.2, 0) is 22.4 Å². The van der Waals surface area contributed by atoms with E-state index in [2.05, 4.69) is 5.32 Å². The van der Waals surface area contributed by atoms with E-state index in [9.17, 15) is 9.59 Å². The first-order chi connectivity index (χ1) is 10.7. The number of benzene rings is 2. The number of fused-ring (bicyclic) bond motifs is 2. The molecule has 0 bridgehead atoms. The van der Waals surface area contributed by atoms with E-state index in [-0.39, 0.29) is 18.3 Å². The zero-order valence-corrected chi connectivity index (χ0v) is 12.4. The predicted octanol–water partition coefficient (Wildman–Crippen LogP) is 2.95. The first-order valence-electron chi connectivity index (χ1n) is 7.34. The summed E-state index contributed by atoms with van der Waals surface area (Å²) < 4.78 is 5.03. The minimum atomic E-state index is -0.250. The zero-order chi connectivity index (χ0) is 15.5. The van der Waals surface area contributed by atoms with Gasteiger partial charge in [0, 0.05) is 17.7 Å². The van der Waals surface area contributed by atoms with E-state index in [0.717, 1.165) is 22.4 Å². The van der Waals surface area contributed by atoms with Crippen molar-refractivity contribution in [3.63, 3.8) is 0 Å². The molecule has 0 saturated heterocycles. The summed E-state index contributed by atoms with van der Waals surface area (Å²) in [4.78, 5) is 24.1. The van der Waals surface area contributed by atoms with Crippen LogP contribution in [0, 0.1) is 0 Å². The maximum absolute atomic E-state index is 12.3. The molecule has 1 aliphatic heterocycles. The summed E-state index contributed by atoms with van der Waals surface area (Å²) in [5.41, 5.74) is 4.29. The Bertz CT molecular complexity index is 737. The number of ether oxygens (including phenoxy) is 1. The molecule has 2 aromatic rings. The lowest BCUT2D eigenvalue weighted by atomic mass is 9.95. The number of hydrogen-bond donors (Lipinski definition) is 1. The van der Waals surface area contributed by atoms with Gasteiger partial charge in [-0.15, -0.1) is 0 Å². The summed E-state index contributed by atoms with van der Waals surface area (Å²) in [6.45, 7) is 2.16. The largest absolute Gasteiger partial charge is 0.466 e. The summed E-state index contributed by atoms with van der Waals surface area (Å²) in [5, 5.41) is 2.93. The van der Waals surface area contributed by atoms with Gasteiger partial charge in [-0.3, -0.25) is 9.59 Å². The molecular weight excluding hydrogens is 278 g/mol. The number of carbonyl (C=O) groups excluding carboxylic acids is 2. The van der Waals surface area contributed by atoms with Crippen LogP contribution in [0.4, 0.5) is 5.69 Å². The molecule has 4 heteroatoms. The molecule has 112 valence electrons. The fraction of sp³-hybridized carbons (Fsp3) is 0.222. The van der Waals surface area contributed by atoms with Crippen LogP contribution in [0.2, 0.25) is 0 Å².